The highest BCUT2D eigenvalue weighted by molar-refractivity contribution is 7.89. The van der Waals surface area contributed by atoms with Crippen LogP contribution in [0.2, 0.25) is 0 Å². The van der Waals surface area contributed by atoms with Gasteiger partial charge in [0.05, 0.1) is 10.4 Å². The van der Waals surface area contributed by atoms with E-state index < -0.39 is 10.0 Å². The summed E-state index contributed by atoms with van der Waals surface area (Å²) in [6.45, 7) is 3.48. The van der Waals surface area contributed by atoms with E-state index in [-0.39, 0.29) is 29.3 Å². The number of carbonyl (C=O) groups excluding carboxylic acids is 1. The molecule has 0 aliphatic heterocycles. The number of para-hydroxylation sites is 1. The number of Topliss-reactive ketones (excluding diaryl/α,β-unsaturated/α-hetero) is 1. The van der Waals surface area contributed by atoms with Crippen LogP contribution in [0, 0.1) is 6.92 Å². The zero-order valence-electron chi connectivity index (χ0n) is 19.1. The monoisotopic (exact) mass is 474 g/mol. The van der Waals surface area contributed by atoms with E-state index in [9.17, 15) is 18.0 Å². The summed E-state index contributed by atoms with van der Waals surface area (Å²) in [5, 5.41) is 0.848. The van der Waals surface area contributed by atoms with Crippen molar-refractivity contribution in [2.75, 3.05) is 6.54 Å². The van der Waals surface area contributed by atoms with Gasteiger partial charge >= 0.3 is 0 Å². The molecule has 0 saturated heterocycles. The standard InChI is InChI=1S/C27H26N2O4S/c1-19-7-6-10-23-17-24(27(31)28-26(19)23)18-29(16-15-21-8-4-3-5-9-21)34(32,33)25-13-11-22(12-14-25)20(2)30/h3-14,17H,15-16,18H2,1-2H3,(H,28,31). The number of aromatic nitrogens is 1. The lowest BCUT2D eigenvalue weighted by Crippen LogP contribution is -2.34. The number of nitrogens with one attached hydrogen (secondary N) is 1. The molecule has 4 aromatic rings. The second-order valence-electron chi connectivity index (χ2n) is 8.32. The van der Waals surface area contributed by atoms with Crippen LogP contribution >= 0.6 is 0 Å². The van der Waals surface area contributed by atoms with Crippen molar-refractivity contribution in [1.82, 2.24) is 9.29 Å². The molecule has 1 N–H and O–H groups in total. The molecule has 4 rings (SSSR count). The van der Waals surface area contributed by atoms with E-state index in [1.54, 1.807) is 6.07 Å². The molecule has 1 heterocycles. The average Bonchev–Trinajstić information content (AvgIpc) is 2.83. The Morgan fingerprint density at radius 1 is 0.941 bits per heavy atom. The van der Waals surface area contributed by atoms with Crippen LogP contribution in [0.4, 0.5) is 0 Å². The molecular formula is C27H26N2O4S. The van der Waals surface area contributed by atoms with E-state index in [4.69, 9.17) is 0 Å². The summed E-state index contributed by atoms with van der Waals surface area (Å²) < 4.78 is 28.5. The summed E-state index contributed by atoms with van der Waals surface area (Å²) in [7, 11) is -3.92. The summed E-state index contributed by atoms with van der Waals surface area (Å²) in [4.78, 5) is 27.5. The van der Waals surface area contributed by atoms with Gasteiger partial charge in [-0.15, -0.1) is 0 Å². The fourth-order valence-electron chi connectivity index (χ4n) is 3.93. The van der Waals surface area contributed by atoms with Crippen LogP contribution in [0.1, 0.15) is 34.0 Å². The molecule has 0 radical (unpaired) electrons. The van der Waals surface area contributed by atoms with Gasteiger partial charge in [-0.05, 0) is 55.0 Å². The van der Waals surface area contributed by atoms with Gasteiger partial charge in [0.2, 0.25) is 10.0 Å². The Balaban J connectivity index is 1.72. The maximum Gasteiger partial charge on any atom is 0.252 e. The Morgan fingerprint density at radius 3 is 2.32 bits per heavy atom. The average molecular weight is 475 g/mol. The quantitative estimate of drug-likeness (QED) is 0.382. The summed E-state index contributed by atoms with van der Waals surface area (Å²) in [5.74, 6) is -0.136. The third-order valence-corrected chi connectivity index (χ3v) is 7.76. The van der Waals surface area contributed by atoms with Crippen molar-refractivity contribution in [3.63, 3.8) is 0 Å². The van der Waals surface area contributed by atoms with Crippen molar-refractivity contribution >= 4 is 26.7 Å². The van der Waals surface area contributed by atoms with Crippen LogP contribution in [-0.4, -0.2) is 30.0 Å². The molecule has 0 aliphatic rings. The largest absolute Gasteiger partial charge is 0.321 e. The highest BCUT2D eigenvalue weighted by Gasteiger charge is 2.26. The first kappa shape index (κ1) is 23.6. The molecule has 7 heteroatoms. The molecule has 1 aromatic heterocycles. The van der Waals surface area contributed by atoms with Crippen LogP contribution in [-0.2, 0) is 23.0 Å². The normalized spacial score (nSPS) is 11.7. The lowest BCUT2D eigenvalue weighted by atomic mass is 10.1. The van der Waals surface area contributed by atoms with E-state index in [0.717, 1.165) is 22.0 Å². The predicted octanol–water partition coefficient (Wildman–Crippen LogP) is 4.47. The van der Waals surface area contributed by atoms with Gasteiger partial charge in [0.1, 0.15) is 0 Å². The van der Waals surface area contributed by atoms with Crippen molar-refractivity contribution in [1.29, 1.82) is 0 Å². The number of pyridine rings is 1. The Morgan fingerprint density at radius 2 is 1.65 bits per heavy atom. The second-order valence-corrected chi connectivity index (χ2v) is 10.3. The van der Waals surface area contributed by atoms with E-state index >= 15 is 0 Å². The molecule has 6 nitrogen and oxygen atoms in total. The molecule has 3 aromatic carbocycles. The molecule has 0 fully saturated rings. The van der Waals surface area contributed by atoms with Gasteiger partial charge in [-0.25, -0.2) is 8.42 Å². The summed E-state index contributed by atoms with van der Waals surface area (Å²) in [5.41, 5.74) is 3.19. The number of aryl methyl sites for hydroxylation is 1. The van der Waals surface area contributed by atoms with Crippen molar-refractivity contribution in [2.45, 2.75) is 31.7 Å². The second kappa shape index (κ2) is 9.75. The van der Waals surface area contributed by atoms with Gasteiger partial charge in [0.25, 0.3) is 5.56 Å². The maximum absolute atomic E-state index is 13.6. The number of hydrogen-bond donors (Lipinski definition) is 1. The third kappa shape index (κ3) is 5.00. The number of benzene rings is 3. The van der Waals surface area contributed by atoms with Gasteiger partial charge in [-0.2, -0.15) is 4.31 Å². The molecule has 174 valence electrons. The van der Waals surface area contributed by atoms with Crippen LogP contribution < -0.4 is 5.56 Å². The summed E-state index contributed by atoms with van der Waals surface area (Å²) in [6, 6.07) is 23.0. The first-order chi connectivity index (χ1) is 16.3. The number of sulfonamides is 1. The SMILES string of the molecule is CC(=O)c1ccc(S(=O)(=O)N(CCc2ccccc2)Cc2cc3cccc(C)c3[nH]c2=O)cc1. The number of aromatic amines is 1. The highest BCUT2D eigenvalue weighted by atomic mass is 32.2. The van der Waals surface area contributed by atoms with Crippen molar-refractivity contribution in [3.05, 3.63) is 111 Å². The molecular weight excluding hydrogens is 448 g/mol. The van der Waals surface area contributed by atoms with Crippen LogP contribution in [0.5, 0.6) is 0 Å². The van der Waals surface area contributed by atoms with E-state index in [1.807, 2.05) is 55.5 Å². The van der Waals surface area contributed by atoms with Gasteiger partial charge in [-0.1, -0.05) is 60.7 Å². The van der Waals surface area contributed by atoms with Gasteiger partial charge in [0, 0.05) is 24.2 Å². The predicted molar refractivity (Wildman–Crippen MR) is 133 cm³/mol. The van der Waals surface area contributed by atoms with E-state index in [2.05, 4.69) is 4.98 Å². The number of fused-ring (bicyclic) bond motifs is 1. The number of ketones is 1. The zero-order valence-corrected chi connectivity index (χ0v) is 19.9. The molecule has 0 saturated carbocycles. The van der Waals surface area contributed by atoms with E-state index in [1.165, 1.54) is 35.5 Å². The summed E-state index contributed by atoms with van der Waals surface area (Å²) >= 11 is 0. The molecule has 0 aliphatic carbocycles. The van der Waals surface area contributed by atoms with Crippen molar-refractivity contribution in [2.24, 2.45) is 0 Å². The van der Waals surface area contributed by atoms with E-state index in [0.29, 0.717) is 17.5 Å². The smallest absolute Gasteiger partial charge is 0.252 e. The molecule has 0 unspecified atom stereocenters. The third-order valence-electron chi connectivity index (χ3n) is 5.90. The van der Waals surface area contributed by atoms with Gasteiger partial charge < -0.3 is 4.98 Å². The van der Waals surface area contributed by atoms with Crippen LogP contribution in [0.3, 0.4) is 0 Å². The van der Waals surface area contributed by atoms with Gasteiger partial charge in [0.15, 0.2) is 5.78 Å². The lowest BCUT2D eigenvalue weighted by molar-refractivity contribution is 0.101. The Labute approximate surface area is 198 Å². The van der Waals surface area contributed by atoms with Crippen LogP contribution in [0.25, 0.3) is 10.9 Å². The Hall–Kier alpha value is -3.55. The first-order valence-corrected chi connectivity index (χ1v) is 12.5. The molecule has 0 atom stereocenters. The molecule has 34 heavy (non-hydrogen) atoms. The minimum Gasteiger partial charge on any atom is -0.321 e. The Kier molecular flexibility index (Phi) is 6.77. The molecule has 0 spiro atoms. The van der Waals surface area contributed by atoms with Crippen molar-refractivity contribution in [3.8, 4) is 0 Å². The number of carbonyl (C=O) groups is 1. The summed E-state index contributed by atoms with van der Waals surface area (Å²) in [6.07, 6.45) is 0.496. The number of hydrogen-bond acceptors (Lipinski definition) is 4. The minimum atomic E-state index is -3.92. The van der Waals surface area contributed by atoms with Crippen molar-refractivity contribution < 1.29 is 13.2 Å². The fourth-order valence-corrected chi connectivity index (χ4v) is 5.35. The Bertz CT molecular complexity index is 1490. The number of H-pyrrole nitrogens is 1. The number of nitrogens with zero attached hydrogens (tertiary/aromatic N) is 1. The fraction of sp³-hybridized carbons (Fsp3) is 0.185. The minimum absolute atomic E-state index is 0.0666. The lowest BCUT2D eigenvalue weighted by Gasteiger charge is -2.22. The number of rotatable bonds is 8. The molecule has 0 amide bonds. The topological polar surface area (TPSA) is 87.3 Å². The zero-order chi connectivity index (χ0) is 24.3. The highest BCUT2D eigenvalue weighted by Crippen LogP contribution is 2.21. The van der Waals surface area contributed by atoms with Crippen LogP contribution in [0.15, 0.2) is 88.6 Å². The van der Waals surface area contributed by atoms with Gasteiger partial charge in [-0.3, -0.25) is 9.59 Å². The maximum atomic E-state index is 13.6. The molecule has 0 bridgehead atoms. The first-order valence-electron chi connectivity index (χ1n) is 11.0.